The summed E-state index contributed by atoms with van der Waals surface area (Å²) >= 11 is 0. The average molecular weight is 487 g/mol. The lowest BCUT2D eigenvalue weighted by Gasteiger charge is -2.61. The Kier molecular flexibility index (Phi) is 8.87. The second kappa shape index (κ2) is 10.6. The molecular formula is C27H51O5P. The molecule has 33 heavy (non-hydrogen) atoms. The summed E-state index contributed by atoms with van der Waals surface area (Å²) in [5.74, 6) is 4.81. The summed E-state index contributed by atoms with van der Waals surface area (Å²) in [7, 11) is -0.624. The van der Waals surface area contributed by atoms with E-state index in [1.165, 1.54) is 59.2 Å². The number of aliphatic hydroxyl groups excluding tert-OH is 1. The molecule has 4 fully saturated rings. The number of rotatable bonds is 8. The van der Waals surface area contributed by atoms with Crippen LogP contribution in [0.3, 0.4) is 0 Å². The highest BCUT2D eigenvalue weighted by molar-refractivity contribution is 7.48. The lowest BCUT2D eigenvalue weighted by atomic mass is 9.44. The van der Waals surface area contributed by atoms with Gasteiger partial charge in [-0.3, -0.25) is 13.6 Å². The van der Waals surface area contributed by atoms with Crippen molar-refractivity contribution in [3.05, 3.63) is 0 Å². The highest BCUT2D eigenvalue weighted by Gasteiger charge is 2.60. The first-order valence-corrected chi connectivity index (χ1v) is 14.7. The van der Waals surface area contributed by atoms with Crippen LogP contribution < -0.4 is 0 Å². The molecule has 194 valence electrons. The van der Waals surface area contributed by atoms with Gasteiger partial charge in [-0.05, 0) is 117 Å². The SMILES string of the molecule is C.COP(=O)(OC)OCCCC(C)C1CC[C@H]2C3CCC4C[C@H](O)CCC4(C)C3CCC12C. The van der Waals surface area contributed by atoms with Crippen LogP contribution in [0, 0.1) is 46.3 Å². The standard InChI is InChI=1S/C26H47O5P.CH4/c1-18(7-6-16-31-32(28,29-4)30-5)22-10-11-23-21-9-8-19-17-20(27)12-14-25(19,2)24(21)13-15-26(22,23)3;/h18-24,27H,6-17H2,1-5H3;1H4/t18?,19?,20-,21?,22?,23+,24?,25?,26?;/m1./s1. The van der Waals surface area contributed by atoms with Crippen molar-refractivity contribution in [3.63, 3.8) is 0 Å². The molecule has 6 heteroatoms. The molecule has 5 nitrogen and oxygen atoms in total. The van der Waals surface area contributed by atoms with Gasteiger partial charge in [0, 0.05) is 14.2 Å². The number of hydrogen-bond acceptors (Lipinski definition) is 5. The number of hydrogen-bond donors (Lipinski definition) is 1. The Morgan fingerprint density at radius 1 is 0.970 bits per heavy atom. The predicted molar refractivity (Wildman–Crippen MR) is 134 cm³/mol. The van der Waals surface area contributed by atoms with Crippen molar-refractivity contribution in [2.45, 2.75) is 105 Å². The molecule has 0 saturated heterocycles. The van der Waals surface area contributed by atoms with E-state index in [2.05, 4.69) is 20.8 Å². The van der Waals surface area contributed by atoms with Gasteiger partial charge in [0.2, 0.25) is 0 Å². The topological polar surface area (TPSA) is 65.0 Å². The Bertz CT molecular complexity index is 692. The zero-order valence-electron chi connectivity index (χ0n) is 21.1. The fourth-order valence-corrected chi connectivity index (χ4v) is 9.89. The van der Waals surface area contributed by atoms with Crippen molar-refractivity contribution in [1.82, 2.24) is 0 Å². The average Bonchev–Trinajstić information content (AvgIpc) is 3.14. The van der Waals surface area contributed by atoms with Crippen LogP contribution in [-0.2, 0) is 18.1 Å². The molecule has 0 aromatic carbocycles. The Labute approximate surface area is 203 Å². The van der Waals surface area contributed by atoms with E-state index < -0.39 is 7.82 Å². The summed E-state index contributed by atoms with van der Waals surface area (Å²) in [6.07, 6.45) is 13.5. The van der Waals surface area contributed by atoms with E-state index >= 15 is 0 Å². The van der Waals surface area contributed by atoms with E-state index in [0.717, 1.165) is 55.3 Å². The van der Waals surface area contributed by atoms with Gasteiger partial charge in [0.15, 0.2) is 0 Å². The molecule has 0 aromatic heterocycles. The number of phosphoric ester groups is 1. The van der Waals surface area contributed by atoms with E-state index in [1.54, 1.807) is 0 Å². The minimum atomic E-state index is -3.36. The molecular weight excluding hydrogens is 435 g/mol. The monoisotopic (exact) mass is 486 g/mol. The summed E-state index contributed by atoms with van der Waals surface area (Å²) in [5.41, 5.74) is 0.925. The van der Waals surface area contributed by atoms with E-state index in [4.69, 9.17) is 13.6 Å². The predicted octanol–water partition coefficient (Wildman–Crippen LogP) is 7.48. The summed E-state index contributed by atoms with van der Waals surface area (Å²) < 4.78 is 27.3. The molecule has 4 rings (SSSR count). The fourth-order valence-electron chi connectivity index (χ4n) is 9.17. The lowest BCUT2D eigenvalue weighted by molar-refractivity contribution is -0.129. The Hall–Kier alpha value is 0.0700. The van der Waals surface area contributed by atoms with Crippen LogP contribution in [-0.4, -0.2) is 32.0 Å². The van der Waals surface area contributed by atoms with Crippen LogP contribution in [0.4, 0.5) is 0 Å². The molecule has 0 heterocycles. The Morgan fingerprint density at radius 2 is 1.64 bits per heavy atom. The summed E-state index contributed by atoms with van der Waals surface area (Å²) in [6.45, 7) is 8.04. The van der Waals surface area contributed by atoms with Gasteiger partial charge in [-0.15, -0.1) is 0 Å². The van der Waals surface area contributed by atoms with Gasteiger partial charge in [0.05, 0.1) is 12.7 Å². The second-order valence-electron chi connectivity index (χ2n) is 12.1. The molecule has 0 amide bonds. The third kappa shape index (κ3) is 5.01. The third-order valence-corrected chi connectivity index (χ3v) is 12.3. The van der Waals surface area contributed by atoms with Crippen molar-refractivity contribution in [2.24, 2.45) is 46.3 Å². The van der Waals surface area contributed by atoms with Crippen LogP contribution in [0.5, 0.6) is 0 Å². The van der Waals surface area contributed by atoms with E-state index in [0.29, 0.717) is 23.4 Å². The zero-order valence-corrected chi connectivity index (χ0v) is 21.9. The van der Waals surface area contributed by atoms with Crippen molar-refractivity contribution >= 4 is 7.82 Å². The Balaban J connectivity index is 0.00000306. The highest BCUT2D eigenvalue weighted by atomic mass is 31.2. The number of phosphoric acid groups is 1. The molecule has 9 atom stereocenters. The van der Waals surface area contributed by atoms with Crippen LogP contribution >= 0.6 is 7.82 Å². The summed E-state index contributed by atoms with van der Waals surface area (Å²) in [4.78, 5) is 0. The molecule has 4 saturated carbocycles. The first kappa shape index (κ1) is 27.7. The van der Waals surface area contributed by atoms with Crippen LogP contribution in [0.1, 0.15) is 98.8 Å². The maximum Gasteiger partial charge on any atom is 0.474 e. The minimum Gasteiger partial charge on any atom is -0.393 e. The quantitative estimate of drug-likeness (QED) is 0.285. The largest absolute Gasteiger partial charge is 0.474 e. The van der Waals surface area contributed by atoms with Gasteiger partial charge in [-0.25, -0.2) is 4.57 Å². The molecule has 0 aliphatic heterocycles. The van der Waals surface area contributed by atoms with E-state index in [1.807, 2.05) is 0 Å². The normalized spacial score (nSPS) is 43.7. The number of fused-ring (bicyclic) bond motifs is 5. The van der Waals surface area contributed by atoms with E-state index in [9.17, 15) is 9.67 Å². The summed E-state index contributed by atoms with van der Waals surface area (Å²) in [5, 5.41) is 10.3. The van der Waals surface area contributed by atoms with Gasteiger partial charge < -0.3 is 5.11 Å². The molecule has 0 bridgehead atoms. The van der Waals surface area contributed by atoms with Crippen molar-refractivity contribution in [2.75, 3.05) is 20.8 Å². The van der Waals surface area contributed by atoms with Crippen molar-refractivity contribution < 1.29 is 23.2 Å². The summed E-state index contributed by atoms with van der Waals surface area (Å²) in [6, 6.07) is 0. The van der Waals surface area contributed by atoms with Gasteiger partial charge >= 0.3 is 7.82 Å². The Morgan fingerprint density at radius 3 is 2.33 bits per heavy atom. The van der Waals surface area contributed by atoms with Crippen LogP contribution in [0.25, 0.3) is 0 Å². The smallest absolute Gasteiger partial charge is 0.393 e. The maximum absolute atomic E-state index is 12.1. The molecule has 0 aromatic rings. The molecule has 0 spiro atoms. The third-order valence-electron chi connectivity index (χ3n) is 10.9. The number of aliphatic hydroxyl groups is 1. The maximum atomic E-state index is 12.1. The minimum absolute atomic E-state index is 0. The molecule has 7 unspecified atom stereocenters. The van der Waals surface area contributed by atoms with Crippen LogP contribution in [0.15, 0.2) is 0 Å². The first-order chi connectivity index (χ1) is 15.2. The molecule has 4 aliphatic carbocycles. The van der Waals surface area contributed by atoms with Crippen LogP contribution in [0.2, 0.25) is 0 Å². The fraction of sp³-hybridized carbons (Fsp3) is 1.00. The molecule has 4 aliphatic rings. The lowest BCUT2D eigenvalue weighted by Crippen LogP contribution is -2.54. The van der Waals surface area contributed by atoms with Gasteiger partial charge in [-0.1, -0.05) is 28.2 Å². The second-order valence-corrected chi connectivity index (χ2v) is 14.0. The van der Waals surface area contributed by atoms with Gasteiger partial charge in [0.25, 0.3) is 0 Å². The molecule has 0 radical (unpaired) electrons. The van der Waals surface area contributed by atoms with Crippen molar-refractivity contribution in [3.8, 4) is 0 Å². The van der Waals surface area contributed by atoms with Gasteiger partial charge in [-0.2, -0.15) is 0 Å². The van der Waals surface area contributed by atoms with Crippen molar-refractivity contribution in [1.29, 1.82) is 0 Å². The highest BCUT2D eigenvalue weighted by Crippen LogP contribution is 2.68. The molecule has 1 N–H and O–H groups in total. The first-order valence-electron chi connectivity index (χ1n) is 13.2. The van der Waals surface area contributed by atoms with E-state index in [-0.39, 0.29) is 13.5 Å². The zero-order chi connectivity index (χ0) is 23.1. The van der Waals surface area contributed by atoms with Gasteiger partial charge in [0.1, 0.15) is 0 Å².